The van der Waals surface area contributed by atoms with Crippen molar-refractivity contribution in [2.24, 2.45) is 5.73 Å². The van der Waals surface area contributed by atoms with Crippen molar-refractivity contribution in [1.82, 2.24) is 5.32 Å². The number of carbonyl (C=O) groups is 2. The molecule has 1 aromatic carbocycles. The van der Waals surface area contributed by atoms with E-state index in [-0.39, 0.29) is 5.91 Å². The van der Waals surface area contributed by atoms with Gasteiger partial charge in [0.05, 0.1) is 6.42 Å². The van der Waals surface area contributed by atoms with Gasteiger partial charge >= 0.3 is 6.03 Å². The summed E-state index contributed by atoms with van der Waals surface area (Å²) in [6, 6.07) is 5.29. The number of carbonyl (C=O) groups excluding carboxylic acids is 2. The van der Waals surface area contributed by atoms with Gasteiger partial charge in [0.25, 0.3) is 0 Å². The topological polar surface area (TPSA) is 84.2 Å². The molecule has 4 N–H and O–H groups in total. The Morgan fingerprint density at radius 3 is 3.06 bits per heavy atom. The van der Waals surface area contributed by atoms with Crippen LogP contribution in [0.1, 0.15) is 11.1 Å². The maximum Gasteiger partial charge on any atom is 0.312 e. The van der Waals surface area contributed by atoms with Crippen LogP contribution in [0.5, 0.6) is 0 Å². The third-order valence-electron chi connectivity index (χ3n) is 2.51. The molecule has 1 heterocycles. The van der Waals surface area contributed by atoms with Gasteiger partial charge in [-0.3, -0.25) is 4.79 Å². The van der Waals surface area contributed by atoms with Crippen LogP contribution in [-0.4, -0.2) is 18.5 Å². The Morgan fingerprint density at radius 2 is 2.31 bits per heavy atom. The first-order valence-corrected chi connectivity index (χ1v) is 5.10. The lowest BCUT2D eigenvalue weighted by atomic mass is 10.1. The highest BCUT2D eigenvalue weighted by Gasteiger charge is 2.17. The van der Waals surface area contributed by atoms with Crippen LogP contribution in [0.4, 0.5) is 10.5 Å². The fraction of sp³-hybridized carbons (Fsp3) is 0.273. The molecule has 3 amide bonds. The van der Waals surface area contributed by atoms with E-state index >= 15 is 0 Å². The average molecular weight is 219 g/mol. The van der Waals surface area contributed by atoms with E-state index in [1.54, 1.807) is 0 Å². The molecule has 1 aliphatic heterocycles. The van der Waals surface area contributed by atoms with Crippen molar-refractivity contribution in [2.45, 2.75) is 12.8 Å². The molecule has 0 atom stereocenters. The molecule has 0 aliphatic carbocycles. The van der Waals surface area contributed by atoms with Gasteiger partial charge in [-0.15, -0.1) is 0 Å². The molecule has 0 saturated heterocycles. The van der Waals surface area contributed by atoms with E-state index in [9.17, 15) is 9.59 Å². The van der Waals surface area contributed by atoms with Gasteiger partial charge in [0.1, 0.15) is 0 Å². The summed E-state index contributed by atoms with van der Waals surface area (Å²) in [5.74, 6) is 0.0300. The fourth-order valence-corrected chi connectivity index (χ4v) is 1.77. The minimum Gasteiger partial charge on any atom is -0.352 e. The van der Waals surface area contributed by atoms with Gasteiger partial charge in [0.2, 0.25) is 5.91 Å². The first kappa shape index (κ1) is 10.5. The zero-order valence-corrected chi connectivity index (χ0v) is 8.75. The maximum atomic E-state index is 11.1. The number of urea groups is 1. The third-order valence-corrected chi connectivity index (χ3v) is 2.51. The van der Waals surface area contributed by atoms with E-state index in [4.69, 9.17) is 5.73 Å². The molecule has 5 heteroatoms. The number of nitrogens with two attached hydrogens (primary N) is 1. The number of primary amides is 1. The number of hydrogen-bond acceptors (Lipinski definition) is 2. The maximum absolute atomic E-state index is 11.1. The van der Waals surface area contributed by atoms with Gasteiger partial charge in [-0.2, -0.15) is 0 Å². The Labute approximate surface area is 93.0 Å². The van der Waals surface area contributed by atoms with Gasteiger partial charge < -0.3 is 16.4 Å². The van der Waals surface area contributed by atoms with Crippen molar-refractivity contribution in [3.05, 3.63) is 29.3 Å². The monoisotopic (exact) mass is 219 g/mol. The molecule has 0 radical (unpaired) electrons. The molecule has 0 aromatic heterocycles. The van der Waals surface area contributed by atoms with Gasteiger partial charge in [0.15, 0.2) is 0 Å². The minimum absolute atomic E-state index is 0.0300. The number of amides is 3. The molecule has 0 bridgehead atoms. The summed E-state index contributed by atoms with van der Waals surface area (Å²) in [7, 11) is 0. The molecule has 0 spiro atoms. The fourth-order valence-electron chi connectivity index (χ4n) is 1.77. The summed E-state index contributed by atoms with van der Waals surface area (Å²) in [6.07, 6.45) is 1.15. The highest BCUT2D eigenvalue weighted by atomic mass is 16.2. The second-order valence-electron chi connectivity index (χ2n) is 3.76. The van der Waals surface area contributed by atoms with Crippen molar-refractivity contribution in [1.29, 1.82) is 0 Å². The molecule has 0 fully saturated rings. The average Bonchev–Trinajstić information content (AvgIpc) is 2.56. The van der Waals surface area contributed by atoms with E-state index in [1.165, 1.54) is 0 Å². The van der Waals surface area contributed by atoms with Gasteiger partial charge in [-0.05, 0) is 23.6 Å². The smallest absolute Gasteiger partial charge is 0.312 e. The van der Waals surface area contributed by atoms with Gasteiger partial charge in [-0.1, -0.05) is 12.1 Å². The zero-order valence-electron chi connectivity index (χ0n) is 8.75. The second-order valence-corrected chi connectivity index (χ2v) is 3.76. The molecule has 84 valence electrons. The quantitative estimate of drug-likeness (QED) is 0.687. The number of nitrogens with one attached hydrogen (secondary N) is 2. The van der Waals surface area contributed by atoms with Crippen LogP contribution in [0.2, 0.25) is 0 Å². The molecular formula is C11H13N3O2. The zero-order chi connectivity index (χ0) is 11.5. The van der Waals surface area contributed by atoms with Crippen LogP contribution in [-0.2, 0) is 17.6 Å². The van der Waals surface area contributed by atoms with Crippen molar-refractivity contribution >= 4 is 17.6 Å². The standard InChI is InChI=1S/C11H13N3O2/c12-11(16)13-4-3-7-1-2-9-8(5-7)6-10(15)14-9/h1-2,5H,3-4,6H2,(H,14,15)(H3,12,13,16). The molecule has 5 nitrogen and oxygen atoms in total. The molecule has 2 rings (SSSR count). The van der Waals surface area contributed by atoms with E-state index in [2.05, 4.69) is 10.6 Å². The van der Waals surface area contributed by atoms with E-state index < -0.39 is 6.03 Å². The molecular weight excluding hydrogens is 206 g/mol. The van der Waals surface area contributed by atoms with Crippen molar-refractivity contribution in [3.63, 3.8) is 0 Å². The molecule has 16 heavy (non-hydrogen) atoms. The first-order valence-electron chi connectivity index (χ1n) is 5.10. The third kappa shape index (κ3) is 2.31. The Hall–Kier alpha value is -2.04. The summed E-state index contributed by atoms with van der Waals surface area (Å²) in [6.45, 7) is 0.509. The van der Waals surface area contributed by atoms with Crippen LogP contribution in [0.3, 0.4) is 0 Å². The predicted octanol–water partition coefficient (Wildman–Crippen LogP) is 0.392. The Morgan fingerprint density at radius 1 is 1.50 bits per heavy atom. The van der Waals surface area contributed by atoms with Crippen LogP contribution in [0, 0.1) is 0 Å². The minimum atomic E-state index is -0.516. The van der Waals surface area contributed by atoms with Crippen LogP contribution in [0.25, 0.3) is 0 Å². The first-order chi connectivity index (χ1) is 7.65. The van der Waals surface area contributed by atoms with Gasteiger partial charge in [-0.25, -0.2) is 4.79 Å². The van der Waals surface area contributed by atoms with Crippen molar-refractivity contribution < 1.29 is 9.59 Å². The highest BCUT2D eigenvalue weighted by molar-refractivity contribution is 5.99. The van der Waals surface area contributed by atoms with Crippen molar-refractivity contribution in [3.8, 4) is 0 Å². The lowest BCUT2D eigenvalue weighted by Crippen LogP contribution is -2.30. The Kier molecular flexibility index (Phi) is 2.76. The summed E-state index contributed by atoms with van der Waals surface area (Å²) in [5.41, 5.74) is 7.95. The van der Waals surface area contributed by atoms with Crippen LogP contribution >= 0.6 is 0 Å². The SMILES string of the molecule is NC(=O)NCCc1ccc2c(c1)CC(=O)N2. The Bertz CT molecular complexity index is 443. The van der Waals surface area contributed by atoms with Crippen molar-refractivity contribution in [2.75, 3.05) is 11.9 Å². The largest absolute Gasteiger partial charge is 0.352 e. The number of hydrogen-bond donors (Lipinski definition) is 3. The normalized spacial score (nSPS) is 13.1. The molecule has 0 saturated carbocycles. The predicted molar refractivity (Wildman–Crippen MR) is 60.1 cm³/mol. The van der Waals surface area contributed by atoms with E-state index in [0.717, 1.165) is 16.8 Å². The summed E-state index contributed by atoms with van der Waals surface area (Å²) < 4.78 is 0. The number of fused-ring (bicyclic) bond motifs is 1. The summed E-state index contributed by atoms with van der Waals surface area (Å²) in [5, 5.41) is 5.30. The number of benzene rings is 1. The van der Waals surface area contributed by atoms with Crippen LogP contribution in [0.15, 0.2) is 18.2 Å². The molecule has 1 aromatic rings. The lowest BCUT2D eigenvalue weighted by molar-refractivity contribution is -0.115. The molecule has 0 unspecified atom stereocenters. The van der Waals surface area contributed by atoms with E-state index in [1.807, 2.05) is 18.2 Å². The summed E-state index contributed by atoms with van der Waals surface area (Å²) in [4.78, 5) is 21.6. The number of rotatable bonds is 3. The summed E-state index contributed by atoms with van der Waals surface area (Å²) >= 11 is 0. The van der Waals surface area contributed by atoms with Crippen LogP contribution < -0.4 is 16.4 Å². The number of anilines is 1. The van der Waals surface area contributed by atoms with Gasteiger partial charge in [0, 0.05) is 12.2 Å². The Balaban J connectivity index is 1.99. The second kappa shape index (κ2) is 4.22. The van der Waals surface area contributed by atoms with E-state index in [0.29, 0.717) is 19.4 Å². The molecule has 1 aliphatic rings. The lowest BCUT2D eigenvalue weighted by Gasteiger charge is -2.04. The highest BCUT2D eigenvalue weighted by Crippen LogP contribution is 2.23.